The molecule has 1 aliphatic rings. The molecule has 1 atom stereocenters. The third-order valence-electron chi connectivity index (χ3n) is 2.83. The van der Waals surface area contributed by atoms with E-state index in [0.29, 0.717) is 0 Å². The zero-order valence-electron chi connectivity index (χ0n) is 9.06. The number of rotatable bonds is 2. The van der Waals surface area contributed by atoms with Crippen molar-refractivity contribution in [3.63, 3.8) is 0 Å². The average molecular weight is 251 g/mol. The van der Waals surface area contributed by atoms with Crippen LogP contribution in [0.2, 0.25) is 0 Å². The van der Waals surface area contributed by atoms with Gasteiger partial charge in [-0.2, -0.15) is 0 Å². The summed E-state index contributed by atoms with van der Waals surface area (Å²) in [6.07, 6.45) is 3.55. The lowest BCUT2D eigenvalue weighted by atomic mass is 10.2. The zero-order valence-corrected chi connectivity index (χ0v) is 10.7. The van der Waals surface area contributed by atoms with Crippen molar-refractivity contribution in [2.45, 2.75) is 32.2 Å². The zero-order chi connectivity index (χ0) is 11.1. The predicted octanol–water partition coefficient (Wildman–Crippen LogP) is 2.44. The van der Waals surface area contributed by atoms with E-state index in [1.807, 2.05) is 12.3 Å². The molecule has 0 aromatic carbocycles. The molecule has 2 heterocycles. The highest BCUT2D eigenvalue weighted by molar-refractivity contribution is 7.12. The van der Waals surface area contributed by atoms with Gasteiger partial charge in [0.15, 0.2) is 0 Å². The summed E-state index contributed by atoms with van der Waals surface area (Å²) >= 11 is 3.41. The average Bonchev–Trinajstić information content (AvgIpc) is 2.89. The van der Waals surface area contributed by atoms with Crippen molar-refractivity contribution in [2.75, 3.05) is 0 Å². The smallest absolute Gasteiger partial charge is 0.116 e. The first-order valence-corrected chi connectivity index (χ1v) is 7.10. The van der Waals surface area contributed by atoms with Crippen LogP contribution in [0.1, 0.15) is 38.7 Å². The van der Waals surface area contributed by atoms with E-state index in [0.717, 1.165) is 22.1 Å². The quantitative estimate of drug-likeness (QED) is 0.892. The van der Waals surface area contributed by atoms with Crippen molar-refractivity contribution < 1.29 is 0 Å². The van der Waals surface area contributed by atoms with Gasteiger partial charge in [0.2, 0.25) is 0 Å². The van der Waals surface area contributed by atoms with Crippen LogP contribution in [0.4, 0.5) is 0 Å². The van der Waals surface area contributed by atoms with Gasteiger partial charge >= 0.3 is 0 Å². The number of nitrogens with two attached hydrogens (primary N) is 1. The van der Waals surface area contributed by atoms with Crippen LogP contribution < -0.4 is 5.73 Å². The fourth-order valence-corrected chi connectivity index (χ4v) is 3.81. The van der Waals surface area contributed by atoms with Crippen LogP contribution in [0.15, 0.2) is 5.38 Å². The topological polar surface area (TPSA) is 51.8 Å². The Balaban J connectivity index is 1.91. The molecule has 0 saturated heterocycles. The summed E-state index contributed by atoms with van der Waals surface area (Å²) in [4.78, 5) is 10.5. The highest BCUT2D eigenvalue weighted by Crippen LogP contribution is 2.32. The number of hydrogen-bond donors (Lipinski definition) is 1. The van der Waals surface area contributed by atoms with Gasteiger partial charge in [0.1, 0.15) is 11.0 Å². The Morgan fingerprint density at radius 3 is 2.94 bits per heavy atom. The van der Waals surface area contributed by atoms with Gasteiger partial charge in [0, 0.05) is 10.3 Å². The van der Waals surface area contributed by atoms with Crippen molar-refractivity contribution in [1.29, 1.82) is 0 Å². The minimum absolute atomic E-state index is 0.138. The molecule has 0 radical (unpaired) electrons. The number of hydrogen-bond acceptors (Lipinski definition) is 5. The Morgan fingerprint density at radius 2 is 2.25 bits per heavy atom. The fraction of sp³-hybridized carbons (Fsp3) is 0.455. The van der Waals surface area contributed by atoms with E-state index in [1.165, 1.54) is 23.4 Å². The summed E-state index contributed by atoms with van der Waals surface area (Å²) in [5.74, 6) is 0. The first kappa shape index (κ1) is 10.4. The van der Waals surface area contributed by atoms with E-state index in [4.69, 9.17) is 5.73 Å². The summed E-state index contributed by atoms with van der Waals surface area (Å²) in [6, 6.07) is -0.138. The lowest BCUT2D eigenvalue weighted by Crippen LogP contribution is -2.12. The minimum atomic E-state index is -0.138. The van der Waals surface area contributed by atoms with Gasteiger partial charge in [-0.25, -0.2) is 9.97 Å². The van der Waals surface area contributed by atoms with Gasteiger partial charge in [0.05, 0.1) is 16.4 Å². The van der Waals surface area contributed by atoms with E-state index in [2.05, 4.69) is 9.97 Å². The lowest BCUT2D eigenvalue weighted by Gasteiger charge is -2.04. The number of fused-ring (bicyclic) bond motifs is 1. The van der Waals surface area contributed by atoms with Crippen molar-refractivity contribution in [3.05, 3.63) is 31.7 Å². The maximum absolute atomic E-state index is 6.18. The SMILES string of the molecule is Cc1nc(C(N)c2nc3c(s2)CCC3)cs1. The van der Waals surface area contributed by atoms with Gasteiger partial charge in [-0.15, -0.1) is 22.7 Å². The summed E-state index contributed by atoms with van der Waals surface area (Å²) in [6.45, 7) is 2.00. The van der Waals surface area contributed by atoms with Crippen LogP contribution >= 0.6 is 22.7 Å². The molecule has 3 rings (SSSR count). The van der Waals surface area contributed by atoms with Gasteiger partial charge in [0.25, 0.3) is 0 Å². The maximum Gasteiger partial charge on any atom is 0.116 e. The number of thiazole rings is 2. The molecule has 0 spiro atoms. The Kier molecular flexibility index (Phi) is 2.53. The van der Waals surface area contributed by atoms with Crippen LogP contribution in [0.25, 0.3) is 0 Å². The summed E-state index contributed by atoms with van der Waals surface area (Å²) in [7, 11) is 0. The predicted molar refractivity (Wildman–Crippen MR) is 67.0 cm³/mol. The van der Waals surface area contributed by atoms with Crippen LogP contribution in [0.5, 0.6) is 0 Å². The second kappa shape index (κ2) is 3.91. The summed E-state index contributed by atoms with van der Waals surface area (Å²) in [5.41, 5.74) is 8.40. The number of aromatic nitrogens is 2. The van der Waals surface area contributed by atoms with Crippen molar-refractivity contribution >= 4 is 22.7 Å². The van der Waals surface area contributed by atoms with Gasteiger partial charge in [-0.05, 0) is 26.2 Å². The van der Waals surface area contributed by atoms with Gasteiger partial charge < -0.3 is 5.73 Å². The van der Waals surface area contributed by atoms with E-state index < -0.39 is 0 Å². The first-order valence-electron chi connectivity index (χ1n) is 5.40. The fourth-order valence-electron chi connectivity index (χ4n) is 1.99. The third kappa shape index (κ3) is 1.69. The highest BCUT2D eigenvalue weighted by Gasteiger charge is 2.21. The molecule has 0 fully saturated rings. The summed E-state index contributed by atoms with van der Waals surface area (Å²) < 4.78 is 0. The molecule has 0 amide bonds. The molecular formula is C11H13N3S2. The largest absolute Gasteiger partial charge is 0.317 e. The molecule has 1 aliphatic carbocycles. The molecule has 2 N–H and O–H groups in total. The molecular weight excluding hydrogens is 238 g/mol. The van der Waals surface area contributed by atoms with Gasteiger partial charge in [-0.1, -0.05) is 0 Å². The van der Waals surface area contributed by atoms with Crippen LogP contribution in [-0.4, -0.2) is 9.97 Å². The Bertz CT molecular complexity index is 494. The molecule has 1 unspecified atom stereocenters. The van der Waals surface area contributed by atoms with E-state index in [-0.39, 0.29) is 6.04 Å². The van der Waals surface area contributed by atoms with Crippen molar-refractivity contribution in [1.82, 2.24) is 9.97 Å². The lowest BCUT2D eigenvalue weighted by molar-refractivity contribution is 0.809. The minimum Gasteiger partial charge on any atom is -0.317 e. The number of aryl methyl sites for hydroxylation is 3. The van der Waals surface area contributed by atoms with Crippen LogP contribution in [-0.2, 0) is 12.8 Å². The highest BCUT2D eigenvalue weighted by atomic mass is 32.1. The van der Waals surface area contributed by atoms with Crippen LogP contribution in [0, 0.1) is 6.92 Å². The second-order valence-corrected chi connectivity index (χ2v) is 6.22. The summed E-state index contributed by atoms with van der Waals surface area (Å²) in [5, 5.41) is 4.12. The first-order chi connectivity index (χ1) is 7.74. The van der Waals surface area contributed by atoms with Crippen LogP contribution in [0.3, 0.4) is 0 Å². The molecule has 0 bridgehead atoms. The monoisotopic (exact) mass is 251 g/mol. The molecule has 5 heteroatoms. The van der Waals surface area contributed by atoms with E-state index in [9.17, 15) is 0 Å². The van der Waals surface area contributed by atoms with Crippen molar-refractivity contribution in [3.8, 4) is 0 Å². The molecule has 0 aliphatic heterocycles. The van der Waals surface area contributed by atoms with Crippen molar-refractivity contribution in [2.24, 2.45) is 5.73 Å². The molecule has 84 valence electrons. The Hall–Kier alpha value is -0.780. The standard InChI is InChI=1S/C11H13N3S2/c1-6-13-8(5-15-6)10(12)11-14-7-3-2-4-9(7)16-11/h5,10H,2-4,12H2,1H3. The third-order valence-corrected chi connectivity index (χ3v) is 4.87. The molecule has 0 saturated carbocycles. The second-order valence-electron chi connectivity index (χ2n) is 4.04. The molecule has 2 aromatic rings. The van der Waals surface area contributed by atoms with Gasteiger partial charge in [-0.3, -0.25) is 0 Å². The van der Waals surface area contributed by atoms with E-state index >= 15 is 0 Å². The maximum atomic E-state index is 6.18. The molecule has 3 nitrogen and oxygen atoms in total. The molecule has 2 aromatic heterocycles. The number of nitrogens with zero attached hydrogens (tertiary/aromatic N) is 2. The Labute approximate surface area is 102 Å². The normalized spacial score (nSPS) is 16.4. The Morgan fingerprint density at radius 1 is 1.38 bits per heavy atom. The van der Waals surface area contributed by atoms with E-state index in [1.54, 1.807) is 22.7 Å². The molecule has 16 heavy (non-hydrogen) atoms.